The molecule has 162 valence electrons. The third kappa shape index (κ3) is 4.89. The minimum Gasteiger partial charge on any atom is -0.493 e. The summed E-state index contributed by atoms with van der Waals surface area (Å²) >= 11 is 11.6. The number of hydrogen-bond donors (Lipinski definition) is 0. The Morgan fingerprint density at radius 1 is 1.29 bits per heavy atom. The van der Waals surface area contributed by atoms with Crippen molar-refractivity contribution in [3.8, 4) is 11.5 Å². The van der Waals surface area contributed by atoms with Gasteiger partial charge in [-0.3, -0.25) is 9.69 Å². The molecule has 1 aromatic heterocycles. The van der Waals surface area contributed by atoms with Crippen molar-refractivity contribution in [2.75, 3.05) is 7.11 Å². The van der Waals surface area contributed by atoms with Crippen molar-refractivity contribution in [2.24, 2.45) is 0 Å². The van der Waals surface area contributed by atoms with E-state index in [0.717, 1.165) is 31.2 Å². The zero-order valence-electron chi connectivity index (χ0n) is 16.8. The lowest BCUT2D eigenvalue weighted by atomic mass is 9.94. The molecule has 1 amide bonds. The second kappa shape index (κ2) is 9.85. The number of carbonyl (C=O) groups excluding carboxylic acids is 2. The molecule has 0 atom stereocenters. The normalized spacial score (nSPS) is 18.6. The van der Waals surface area contributed by atoms with E-state index in [4.69, 9.17) is 21.7 Å². The summed E-state index contributed by atoms with van der Waals surface area (Å²) in [6.45, 7) is 0. The van der Waals surface area contributed by atoms with Crippen LogP contribution in [0.2, 0.25) is 0 Å². The van der Waals surface area contributed by atoms with Gasteiger partial charge in [-0.15, -0.1) is 11.3 Å². The molecule has 0 N–H and O–H groups in total. The number of ether oxygens (including phenoxy) is 2. The quantitative estimate of drug-likeness (QED) is 0.194. The number of benzene rings is 1. The summed E-state index contributed by atoms with van der Waals surface area (Å²) in [5, 5.41) is 1.81. The predicted octanol–water partition coefficient (Wildman–Crippen LogP) is 6.27. The Labute approximate surface area is 202 Å². The molecule has 1 saturated carbocycles. The molecule has 0 unspecified atom stereocenters. The molecule has 1 aliphatic carbocycles. The van der Waals surface area contributed by atoms with Crippen molar-refractivity contribution in [1.82, 2.24) is 4.90 Å². The summed E-state index contributed by atoms with van der Waals surface area (Å²) < 4.78 is 12.2. The van der Waals surface area contributed by atoms with Crippen LogP contribution in [0.25, 0.3) is 6.08 Å². The molecule has 1 saturated heterocycles. The molecule has 9 heteroatoms. The Morgan fingerprint density at radius 3 is 2.74 bits per heavy atom. The summed E-state index contributed by atoms with van der Waals surface area (Å²) in [6, 6.07) is 7.24. The van der Waals surface area contributed by atoms with Gasteiger partial charge in [0.05, 0.1) is 16.5 Å². The summed E-state index contributed by atoms with van der Waals surface area (Å²) in [4.78, 5) is 28.3. The van der Waals surface area contributed by atoms with E-state index in [-0.39, 0.29) is 11.9 Å². The summed E-state index contributed by atoms with van der Waals surface area (Å²) in [5.74, 6) is 0.210. The van der Waals surface area contributed by atoms with Crippen LogP contribution < -0.4 is 9.47 Å². The Balaban J connectivity index is 1.58. The van der Waals surface area contributed by atoms with Crippen molar-refractivity contribution >= 4 is 73.5 Å². The van der Waals surface area contributed by atoms with Crippen LogP contribution in [0.3, 0.4) is 0 Å². The van der Waals surface area contributed by atoms with Gasteiger partial charge < -0.3 is 9.47 Å². The maximum atomic E-state index is 13.0. The lowest BCUT2D eigenvalue weighted by molar-refractivity contribution is -0.124. The van der Waals surface area contributed by atoms with Gasteiger partial charge in [-0.05, 0) is 64.0 Å². The van der Waals surface area contributed by atoms with Gasteiger partial charge in [0.2, 0.25) is 0 Å². The average Bonchev–Trinajstić information content (AvgIpc) is 3.39. The third-order valence-corrected chi connectivity index (χ3v) is 8.00. The largest absolute Gasteiger partial charge is 0.493 e. The van der Waals surface area contributed by atoms with Crippen LogP contribution in [-0.2, 0) is 4.79 Å². The molecule has 2 aromatic rings. The minimum atomic E-state index is -0.449. The number of thiophene rings is 1. The maximum absolute atomic E-state index is 13.0. The zero-order valence-corrected chi connectivity index (χ0v) is 20.8. The molecule has 31 heavy (non-hydrogen) atoms. The highest BCUT2D eigenvalue weighted by molar-refractivity contribution is 9.10. The molecule has 1 aromatic carbocycles. The van der Waals surface area contributed by atoms with Crippen LogP contribution in [0.4, 0.5) is 0 Å². The molecule has 0 spiro atoms. The van der Waals surface area contributed by atoms with Gasteiger partial charge in [-0.1, -0.05) is 49.3 Å². The number of nitrogens with zero attached hydrogens (tertiary/aromatic N) is 1. The highest BCUT2D eigenvalue weighted by Gasteiger charge is 2.37. The van der Waals surface area contributed by atoms with Crippen molar-refractivity contribution in [3.63, 3.8) is 0 Å². The minimum absolute atomic E-state index is 0.0369. The fourth-order valence-corrected chi connectivity index (χ4v) is 6.28. The standard InChI is InChI=1S/C22H20BrNO4S3/c1-27-16-11-13(10-15(23)19(16)28-21(26)17-8-5-9-30-17)12-18-20(25)24(22(29)31-18)14-6-3-2-4-7-14/h5,8-12,14H,2-4,6-7H2,1H3/b18-12+. The Hall–Kier alpha value is -1.68. The SMILES string of the molecule is COc1cc(/C=C2/SC(=S)N(C3CCCCC3)C2=O)cc(Br)c1OC(=O)c1cccs1. The average molecular weight is 539 g/mol. The number of hydrogen-bond acceptors (Lipinski definition) is 7. The van der Waals surface area contributed by atoms with Crippen molar-refractivity contribution in [2.45, 2.75) is 38.1 Å². The van der Waals surface area contributed by atoms with Gasteiger partial charge in [0.25, 0.3) is 5.91 Å². The topological polar surface area (TPSA) is 55.8 Å². The van der Waals surface area contributed by atoms with Gasteiger partial charge >= 0.3 is 5.97 Å². The van der Waals surface area contributed by atoms with Crippen molar-refractivity contribution in [1.29, 1.82) is 0 Å². The van der Waals surface area contributed by atoms with Gasteiger partial charge in [-0.25, -0.2) is 4.79 Å². The third-order valence-electron chi connectivity index (χ3n) is 5.23. The van der Waals surface area contributed by atoms with Crippen LogP contribution in [-0.4, -0.2) is 34.2 Å². The lowest BCUT2D eigenvalue weighted by Gasteiger charge is -2.29. The Kier molecular flexibility index (Phi) is 7.15. The number of thiocarbonyl (C=S) groups is 1. The van der Waals surface area contributed by atoms with Crippen molar-refractivity contribution < 1.29 is 19.1 Å². The molecule has 1 aliphatic heterocycles. The monoisotopic (exact) mass is 537 g/mol. The Bertz CT molecular complexity index is 1050. The first-order valence-corrected chi connectivity index (χ1v) is 12.8. The van der Waals surface area contributed by atoms with E-state index >= 15 is 0 Å². The van der Waals surface area contributed by atoms with Gasteiger partial charge in [0.1, 0.15) is 9.20 Å². The summed E-state index contributed by atoms with van der Waals surface area (Å²) in [5.41, 5.74) is 0.754. The molecule has 2 aliphatic rings. The van der Waals surface area contributed by atoms with Crippen molar-refractivity contribution in [3.05, 3.63) is 49.5 Å². The number of methoxy groups -OCH3 is 1. The number of halogens is 1. The number of amides is 1. The highest BCUT2D eigenvalue weighted by atomic mass is 79.9. The van der Waals surface area contributed by atoms with E-state index < -0.39 is 5.97 Å². The molecule has 4 rings (SSSR count). The summed E-state index contributed by atoms with van der Waals surface area (Å²) in [6.07, 6.45) is 7.30. The van der Waals surface area contributed by atoms with E-state index in [1.165, 1.54) is 36.6 Å². The van der Waals surface area contributed by atoms with Crippen LogP contribution >= 0.6 is 51.2 Å². The lowest BCUT2D eigenvalue weighted by Crippen LogP contribution is -2.39. The Morgan fingerprint density at radius 2 is 2.06 bits per heavy atom. The summed E-state index contributed by atoms with van der Waals surface area (Å²) in [7, 11) is 1.51. The fraction of sp³-hybridized carbons (Fsp3) is 0.318. The second-order valence-corrected chi connectivity index (χ2v) is 10.7. The zero-order chi connectivity index (χ0) is 22.0. The smallest absolute Gasteiger partial charge is 0.353 e. The van der Waals surface area contributed by atoms with Gasteiger partial charge in [0, 0.05) is 6.04 Å². The van der Waals surface area contributed by atoms with Crippen LogP contribution in [0.1, 0.15) is 47.3 Å². The number of carbonyl (C=O) groups is 2. The van der Waals surface area contributed by atoms with Crippen LogP contribution in [0.5, 0.6) is 11.5 Å². The van der Waals surface area contributed by atoms with E-state index in [2.05, 4.69) is 15.9 Å². The molecular formula is C22H20BrNO4S3. The van der Waals surface area contributed by atoms with Gasteiger partial charge in [0.15, 0.2) is 11.5 Å². The highest BCUT2D eigenvalue weighted by Crippen LogP contribution is 2.41. The van der Waals surface area contributed by atoms with E-state index in [1.54, 1.807) is 35.2 Å². The number of thioether (sulfide) groups is 1. The molecular weight excluding hydrogens is 518 g/mol. The van der Waals surface area contributed by atoms with Crippen LogP contribution in [0.15, 0.2) is 39.0 Å². The first kappa shape index (κ1) is 22.5. The van der Waals surface area contributed by atoms with Gasteiger partial charge in [-0.2, -0.15) is 0 Å². The van der Waals surface area contributed by atoms with Crippen LogP contribution in [0, 0.1) is 0 Å². The van der Waals surface area contributed by atoms with E-state index in [0.29, 0.717) is 30.1 Å². The second-order valence-electron chi connectivity index (χ2n) is 7.24. The molecule has 2 heterocycles. The first-order valence-electron chi connectivity index (χ1n) is 9.88. The molecule has 2 fully saturated rings. The first-order chi connectivity index (χ1) is 15.0. The molecule has 5 nitrogen and oxygen atoms in total. The van der Waals surface area contributed by atoms with E-state index in [1.807, 2.05) is 5.38 Å². The maximum Gasteiger partial charge on any atom is 0.353 e. The number of rotatable bonds is 5. The fourth-order valence-electron chi connectivity index (χ4n) is 3.75. The molecule has 0 bridgehead atoms. The predicted molar refractivity (Wildman–Crippen MR) is 132 cm³/mol. The molecule has 0 radical (unpaired) electrons. The van der Waals surface area contributed by atoms with E-state index in [9.17, 15) is 9.59 Å². The number of esters is 1.